The Balaban J connectivity index is 1.91. The van der Waals surface area contributed by atoms with Gasteiger partial charge in [0.2, 0.25) is 0 Å². The van der Waals surface area contributed by atoms with Crippen LogP contribution in [0.2, 0.25) is 0 Å². The highest BCUT2D eigenvalue weighted by Gasteiger charge is 2.29. The number of rotatable bonds is 3. The van der Waals surface area contributed by atoms with Gasteiger partial charge in [-0.3, -0.25) is 4.79 Å². The number of hydrogen-bond donors (Lipinski definition) is 2. The molecule has 1 aliphatic rings. The number of nitrogens with one attached hydrogen (secondary N) is 1. The Labute approximate surface area is 105 Å². The highest BCUT2D eigenvalue weighted by molar-refractivity contribution is 8.00. The maximum absolute atomic E-state index is 11.8. The SMILES string of the molecule is CC1(CNC(=O)c2ccc(N)cn2)CCCS1. The molecule has 1 fully saturated rings. The highest BCUT2D eigenvalue weighted by Crippen LogP contribution is 2.36. The van der Waals surface area contributed by atoms with Crippen molar-refractivity contribution in [1.82, 2.24) is 10.3 Å². The Morgan fingerprint density at radius 2 is 2.47 bits per heavy atom. The fourth-order valence-electron chi connectivity index (χ4n) is 1.87. The molecule has 0 spiro atoms. The van der Waals surface area contributed by atoms with Crippen LogP contribution in [0.4, 0.5) is 5.69 Å². The van der Waals surface area contributed by atoms with Crippen LogP contribution in [0, 0.1) is 0 Å². The summed E-state index contributed by atoms with van der Waals surface area (Å²) in [7, 11) is 0. The lowest BCUT2D eigenvalue weighted by molar-refractivity contribution is 0.0945. The second kappa shape index (κ2) is 4.96. The van der Waals surface area contributed by atoms with Gasteiger partial charge in [0.05, 0.1) is 11.9 Å². The first-order valence-electron chi connectivity index (χ1n) is 5.73. The van der Waals surface area contributed by atoms with E-state index in [4.69, 9.17) is 5.73 Å². The van der Waals surface area contributed by atoms with Crippen LogP contribution in [-0.2, 0) is 0 Å². The molecule has 92 valence electrons. The lowest BCUT2D eigenvalue weighted by Crippen LogP contribution is -2.37. The van der Waals surface area contributed by atoms with Crippen molar-refractivity contribution in [3.05, 3.63) is 24.0 Å². The van der Waals surface area contributed by atoms with Gasteiger partial charge in [-0.1, -0.05) is 0 Å². The number of nitrogens with two attached hydrogens (primary N) is 1. The Hall–Kier alpha value is -1.23. The zero-order chi connectivity index (χ0) is 12.3. The van der Waals surface area contributed by atoms with Gasteiger partial charge in [-0.25, -0.2) is 4.98 Å². The Bertz CT molecular complexity index is 399. The summed E-state index contributed by atoms with van der Waals surface area (Å²) in [5, 5.41) is 2.94. The third-order valence-electron chi connectivity index (χ3n) is 2.94. The van der Waals surface area contributed by atoms with E-state index in [0.717, 1.165) is 6.42 Å². The molecule has 1 unspecified atom stereocenters. The number of thioether (sulfide) groups is 1. The van der Waals surface area contributed by atoms with Gasteiger partial charge in [-0.15, -0.1) is 0 Å². The number of anilines is 1. The van der Waals surface area contributed by atoms with Gasteiger partial charge >= 0.3 is 0 Å². The summed E-state index contributed by atoms with van der Waals surface area (Å²) in [6.07, 6.45) is 3.89. The Morgan fingerprint density at radius 1 is 1.65 bits per heavy atom. The molecule has 0 aromatic carbocycles. The summed E-state index contributed by atoms with van der Waals surface area (Å²) in [5.41, 5.74) is 6.52. The summed E-state index contributed by atoms with van der Waals surface area (Å²) in [4.78, 5) is 15.8. The van der Waals surface area contributed by atoms with E-state index in [-0.39, 0.29) is 10.7 Å². The van der Waals surface area contributed by atoms with Crippen molar-refractivity contribution in [1.29, 1.82) is 0 Å². The van der Waals surface area contributed by atoms with Crippen LogP contribution < -0.4 is 11.1 Å². The molecule has 1 saturated heterocycles. The van der Waals surface area contributed by atoms with E-state index in [9.17, 15) is 4.79 Å². The normalized spacial score (nSPS) is 23.6. The molecule has 1 amide bonds. The lowest BCUT2D eigenvalue weighted by Gasteiger charge is -2.22. The van der Waals surface area contributed by atoms with Gasteiger partial charge in [0.25, 0.3) is 5.91 Å². The molecule has 1 aromatic rings. The minimum absolute atomic E-state index is 0.126. The number of carbonyl (C=O) groups is 1. The molecule has 5 heteroatoms. The number of pyridine rings is 1. The smallest absolute Gasteiger partial charge is 0.269 e. The average molecular weight is 251 g/mol. The molecule has 0 bridgehead atoms. The number of amides is 1. The molecule has 0 saturated carbocycles. The number of aromatic nitrogens is 1. The summed E-state index contributed by atoms with van der Waals surface area (Å²) in [6, 6.07) is 3.34. The van der Waals surface area contributed by atoms with E-state index in [2.05, 4.69) is 17.2 Å². The van der Waals surface area contributed by atoms with Crippen molar-refractivity contribution in [2.45, 2.75) is 24.5 Å². The molecule has 1 aromatic heterocycles. The number of hydrogen-bond acceptors (Lipinski definition) is 4. The van der Waals surface area contributed by atoms with Gasteiger partial charge in [-0.2, -0.15) is 11.8 Å². The monoisotopic (exact) mass is 251 g/mol. The summed E-state index contributed by atoms with van der Waals surface area (Å²) < 4.78 is 0.184. The van der Waals surface area contributed by atoms with Crippen LogP contribution in [0.15, 0.2) is 18.3 Å². The zero-order valence-electron chi connectivity index (χ0n) is 9.90. The van der Waals surface area contributed by atoms with E-state index in [1.165, 1.54) is 18.4 Å². The second-order valence-corrected chi connectivity index (χ2v) is 6.24. The molecular formula is C12H17N3OS. The van der Waals surface area contributed by atoms with Gasteiger partial charge in [0, 0.05) is 11.3 Å². The van der Waals surface area contributed by atoms with Crippen LogP contribution in [-0.4, -0.2) is 27.9 Å². The van der Waals surface area contributed by atoms with Crippen LogP contribution in [0.3, 0.4) is 0 Å². The lowest BCUT2D eigenvalue weighted by atomic mass is 10.1. The molecular weight excluding hydrogens is 234 g/mol. The molecule has 4 nitrogen and oxygen atoms in total. The maximum atomic E-state index is 11.8. The number of nitrogen functional groups attached to an aromatic ring is 1. The first-order chi connectivity index (χ1) is 8.09. The van der Waals surface area contributed by atoms with Crippen molar-refractivity contribution in [3.8, 4) is 0 Å². The quantitative estimate of drug-likeness (QED) is 0.857. The van der Waals surface area contributed by atoms with Crippen LogP contribution >= 0.6 is 11.8 Å². The molecule has 1 atom stereocenters. The van der Waals surface area contributed by atoms with E-state index < -0.39 is 0 Å². The third kappa shape index (κ3) is 3.12. The largest absolute Gasteiger partial charge is 0.397 e. The molecule has 0 aliphatic carbocycles. The van der Waals surface area contributed by atoms with E-state index >= 15 is 0 Å². The Kier molecular flexibility index (Phi) is 3.57. The van der Waals surface area contributed by atoms with Crippen molar-refractivity contribution in [2.75, 3.05) is 18.0 Å². The third-order valence-corrected chi connectivity index (χ3v) is 4.48. The molecule has 0 radical (unpaired) electrons. The summed E-state index contributed by atoms with van der Waals surface area (Å²) >= 11 is 1.93. The summed E-state index contributed by atoms with van der Waals surface area (Å²) in [5.74, 6) is 1.06. The number of carbonyl (C=O) groups excluding carboxylic acids is 1. The van der Waals surface area contributed by atoms with Crippen molar-refractivity contribution < 1.29 is 4.79 Å². The molecule has 2 heterocycles. The van der Waals surface area contributed by atoms with E-state index in [0.29, 0.717) is 17.9 Å². The van der Waals surface area contributed by atoms with Gasteiger partial charge in [0.1, 0.15) is 5.69 Å². The average Bonchev–Trinajstić information content (AvgIpc) is 2.75. The second-order valence-electron chi connectivity index (χ2n) is 4.56. The van der Waals surface area contributed by atoms with Gasteiger partial charge in [0.15, 0.2) is 0 Å². The highest BCUT2D eigenvalue weighted by atomic mass is 32.2. The molecule has 1 aliphatic heterocycles. The van der Waals surface area contributed by atoms with E-state index in [1.54, 1.807) is 12.1 Å². The van der Waals surface area contributed by atoms with Crippen LogP contribution in [0.25, 0.3) is 0 Å². The zero-order valence-corrected chi connectivity index (χ0v) is 10.7. The minimum Gasteiger partial charge on any atom is -0.397 e. The molecule has 3 N–H and O–H groups in total. The topological polar surface area (TPSA) is 68.0 Å². The minimum atomic E-state index is -0.126. The van der Waals surface area contributed by atoms with Crippen molar-refractivity contribution in [2.24, 2.45) is 0 Å². The van der Waals surface area contributed by atoms with Crippen LogP contribution in [0.1, 0.15) is 30.3 Å². The van der Waals surface area contributed by atoms with E-state index in [1.807, 2.05) is 11.8 Å². The maximum Gasteiger partial charge on any atom is 0.269 e. The predicted octanol–water partition coefficient (Wildman–Crippen LogP) is 1.68. The predicted molar refractivity (Wildman–Crippen MR) is 71.1 cm³/mol. The van der Waals surface area contributed by atoms with Crippen molar-refractivity contribution >= 4 is 23.4 Å². The standard InChI is InChI=1S/C12H17N3OS/c1-12(5-2-6-17-12)8-15-11(16)10-4-3-9(13)7-14-10/h3-4,7H,2,5-6,8,13H2,1H3,(H,15,16). The Morgan fingerprint density at radius 3 is 3.06 bits per heavy atom. The number of nitrogens with zero attached hydrogens (tertiary/aromatic N) is 1. The van der Waals surface area contributed by atoms with Crippen molar-refractivity contribution in [3.63, 3.8) is 0 Å². The van der Waals surface area contributed by atoms with Crippen LogP contribution in [0.5, 0.6) is 0 Å². The first kappa shape index (κ1) is 12.2. The molecule has 2 rings (SSSR count). The van der Waals surface area contributed by atoms with Gasteiger partial charge < -0.3 is 11.1 Å². The fraction of sp³-hybridized carbons (Fsp3) is 0.500. The molecule has 17 heavy (non-hydrogen) atoms. The van der Waals surface area contributed by atoms with Gasteiger partial charge in [-0.05, 0) is 37.7 Å². The fourth-order valence-corrected chi connectivity index (χ4v) is 3.12. The summed E-state index contributed by atoms with van der Waals surface area (Å²) in [6.45, 7) is 2.89. The first-order valence-corrected chi connectivity index (χ1v) is 6.71.